The van der Waals surface area contributed by atoms with Crippen molar-refractivity contribution in [2.24, 2.45) is 0 Å². The van der Waals surface area contributed by atoms with Crippen molar-refractivity contribution in [3.8, 4) is 11.5 Å². The number of ether oxygens (including phenoxy) is 2. The molecule has 3 rings (SSSR count). The fourth-order valence-electron chi connectivity index (χ4n) is 2.75. The van der Waals surface area contributed by atoms with Crippen LogP contribution in [0.25, 0.3) is 6.08 Å². The Bertz CT molecular complexity index is 955. The second kappa shape index (κ2) is 8.92. The van der Waals surface area contributed by atoms with Crippen LogP contribution < -0.4 is 14.8 Å². The molecule has 1 saturated heterocycles. The summed E-state index contributed by atoms with van der Waals surface area (Å²) < 4.78 is 11.5. The third kappa shape index (κ3) is 4.92. The topological polar surface area (TPSA) is 105 Å². The lowest BCUT2D eigenvalue weighted by Crippen LogP contribution is -2.35. The Morgan fingerprint density at radius 2 is 1.86 bits per heavy atom. The van der Waals surface area contributed by atoms with Crippen LogP contribution in [0.1, 0.15) is 18.1 Å². The highest BCUT2D eigenvalue weighted by Gasteiger charge is 2.34. The van der Waals surface area contributed by atoms with Crippen LogP contribution in [-0.4, -0.2) is 41.1 Å². The van der Waals surface area contributed by atoms with E-state index in [0.29, 0.717) is 35.2 Å². The number of urea groups is 1. The number of nitrogens with one attached hydrogen (secondary N) is 1. The molecule has 2 aromatic carbocycles. The molecule has 8 nitrogen and oxygen atoms in total. The van der Waals surface area contributed by atoms with Crippen molar-refractivity contribution in [3.05, 3.63) is 65.4 Å². The van der Waals surface area contributed by atoms with Crippen LogP contribution in [0, 0.1) is 0 Å². The lowest BCUT2D eigenvalue weighted by molar-refractivity contribution is -0.140. The van der Waals surface area contributed by atoms with E-state index in [2.05, 4.69) is 5.32 Å². The molecule has 8 heteroatoms. The first-order valence-electron chi connectivity index (χ1n) is 8.98. The average Bonchev–Trinajstić information content (AvgIpc) is 2.95. The molecule has 0 spiro atoms. The first-order chi connectivity index (χ1) is 14.0. The van der Waals surface area contributed by atoms with E-state index in [4.69, 9.17) is 14.6 Å². The summed E-state index contributed by atoms with van der Waals surface area (Å²) >= 11 is 0. The minimum atomic E-state index is -1.27. The Morgan fingerprint density at radius 3 is 2.55 bits per heavy atom. The van der Waals surface area contributed by atoms with Gasteiger partial charge in [-0.05, 0) is 36.3 Å². The zero-order chi connectivity index (χ0) is 20.8. The van der Waals surface area contributed by atoms with Gasteiger partial charge in [-0.3, -0.25) is 9.59 Å². The number of hydrogen-bond donors (Lipinski definition) is 2. The quantitative estimate of drug-likeness (QED) is 0.525. The third-order valence-corrected chi connectivity index (χ3v) is 4.07. The summed E-state index contributed by atoms with van der Waals surface area (Å²) in [4.78, 5) is 35.5. The van der Waals surface area contributed by atoms with Gasteiger partial charge in [-0.25, -0.2) is 9.69 Å². The maximum absolute atomic E-state index is 12.2. The molecule has 29 heavy (non-hydrogen) atoms. The number of amides is 3. The Balaban J connectivity index is 1.79. The molecular weight excluding hydrogens is 376 g/mol. The van der Waals surface area contributed by atoms with Gasteiger partial charge in [0.25, 0.3) is 5.91 Å². The van der Waals surface area contributed by atoms with Gasteiger partial charge >= 0.3 is 12.0 Å². The van der Waals surface area contributed by atoms with Gasteiger partial charge in [0.05, 0.1) is 6.61 Å². The van der Waals surface area contributed by atoms with Gasteiger partial charge in [0.15, 0.2) is 11.5 Å². The summed E-state index contributed by atoms with van der Waals surface area (Å²) in [6, 6.07) is 14.1. The Labute approximate surface area is 167 Å². The molecule has 1 fully saturated rings. The van der Waals surface area contributed by atoms with Crippen molar-refractivity contribution in [2.45, 2.75) is 13.5 Å². The Hall–Kier alpha value is -3.81. The van der Waals surface area contributed by atoms with Gasteiger partial charge in [-0.2, -0.15) is 0 Å². The minimum absolute atomic E-state index is 0.00310. The monoisotopic (exact) mass is 396 g/mol. The highest BCUT2D eigenvalue weighted by atomic mass is 16.5. The molecule has 0 unspecified atom stereocenters. The fraction of sp³-hybridized carbons (Fsp3) is 0.190. The number of rotatable bonds is 8. The molecule has 2 N–H and O–H groups in total. The number of aliphatic carboxylic acids is 1. The highest BCUT2D eigenvalue weighted by Crippen LogP contribution is 2.30. The maximum atomic E-state index is 12.2. The SMILES string of the molecule is CCOc1cc(/C=C2/NC(=O)N(CC(=O)O)C2=O)ccc1OCc1ccccc1. The van der Waals surface area contributed by atoms with Crippen LogP contribution in [0.4, 0.5) is 4.79 Å². The van der Waals surface area contributed by atoms with E-state index in [0.717, 1.165) is 5.56 Å². The number of carbonyl (C=O) groups excluding carboxylic acids is 2. The van der Waals surface area contributed by atoms with Crippen LogP contribution in [-0.2, 0) is 16.2 Å². The predicted molar refractivity (Wildman–Crippen MR) is 104 cm³/mol. The van der Waals surface area contributed by atoms with E-state index in [9.17, 15) is 14.4 Å². The number of nitrogens with zero attached hydrogens (tertiary/aromatic N) is 1. The van der Waals surface area contributed by atoms with Gasteiger partial charge in [0.2, 0.25) is 0 Å². The summed E-state index contributed by atoms with van der Waals surface area (Å²) in [5, 5.41) is 11.2. The van der Waals surface area contributed by atoms with E-state index >= 15 is 0 Å². The van der Waals surface area contributed by atoms with E-state index < -0.39 is 24.5 Å². The van der Waals surface area contributed by atoms with Gasteiger partial charge < -0.3 is 19.9 Å². The second-order valence-electron chi connectivity index (χ2n) is 6.19. The van der Waals surface area contributed by atoms with Gasteiger partial charge in [-0.15, -0.1) is 0 Å². The molecular formula is C21H20N2O6. The molecule has 0 saturated carbocycles. The molecule has 3 amide bonds. The number of benzene rings is 2. The van der Waals surface area contributed by atoms with Gasteiger partial charge in [-0.1, -0.05) is 36.4 Å². The Kier molecular flexibility index (Phi) is 6.13. The van der Waals surface area contributed by atoms with Crippen LogP contribution in [0.3, 0.4) is 0 Å². The van der Waals surface area contributed by atoms with Crippen molar-refractivity contribution < 1.29 is 29.0 Å². The van der Waals surface area contributed by atoms with Crippen molar-refractivity contribution in [1.82, 2.24) is 10.2 Å². The number of hydrogen-bond acceptors (Lipinski definition) is 5. The molecule has 0 aromatic heterocycles. The molecule has 0 aliphatic carbocycles. The van der Waals surface area contributed by atoms with Crippen molar-refractivity contribution in [3.63, 3.8) is 0 Å². The highest BCUT2D eigenvalue weighted by molar-refractivity contribution is 6.15. The summed E-state index contributed by atoms with van der Waals surface area (Å²) in [7, 11) is 0. The maximum Gasteiger partial charge on any atom is 0.329 e. The van der Waals surface area contributed by atoms with Crippen molar-refractivity contribution in [1.29, 1.82) is 0 Å². The van der Waals surface area contributed by atoms with E-state index in [1.54, 1.807) is 18.2 Å². The van der Waals surface area contributed by atoms with Gasteiger partial charge in [0, 0.05) is 0 Å². The fourth-order valence-corrected chi connectivity index (χ4v) is 2.75. The van der Waals surface area contributed by atoms with Crippen molar-refractivity contribution in [2.75, 3.05) is 13.2 Å². The minimum Gasteiger partial charge on any atom is -0.490 e. The molecule has 2 aromatic rings. The lowest BCUT2D eigenvalue weighted by Gasteiger charge is -2.13. The molecule has 1 heterocycles. The summed E-state index contributed by atoms with van der Waals surface area (Å²) in [6.45, 7) is 1.94. The van der Waals surface area contributed by atoms with Crippen LogP contribution >= 0.6 is 0 Å². The standard InChI is InChI=1S/C21H20N2O6/c1-2-28-18-11-15(8-9-17(18)29-13-14-6-4-3-5-7-14)10-16-20(26)23(12-19(24)25)21(27)22-16/h3-11H,2,12-13H2,1H3,(H,22,27)(H,24,25)/b16-10+. The number of carbonyl (C=O) groups is 3. The molecule has 150 valence electrons. The van der Waals surface area contributed by atoms with Crippen LogP contribution in [0.5, 0.6) is 11.5 Å². The summed E-state index contributed by atoms with van der Waals surface area (Å²) in [5.74, 6) is -0.919. The number of carboxylic acid groups (broad SMARTS) is 1. The predicted octanol–water partition coefficient (Wildman–Crippen LogP) is 2.64. The van der Waals surface area contributed by atoms with Crippen LogP contribution in [0.15, 0.2) is 54.2 Å². The molecule has 0 bridgehead atoms. The van der Waals surface area contributed by atoms with Gasteiger partial charge in [0.1, 0.15) is 18.8 Å². The van der Waals surface area contributed by atoms with E-state index in [1.165, 1.54) is 6.08 Å². The zero-order valence-electron chi connectivity index (χ0n) is 15.8. The van der Waals surface area contributed by atoms with Crippen LogP contribution in [0.2, 0.25) is 0 Å². The first kappa shape index (κ1) is 19.9. The number of carboxylic acids is 1. The normalized spacial score (nSPS) is 14.8. The average molecular weight is 396 g/mol. The molecule has 0 atom stereocenters. The smallest absolute Gasteiger partial charge is 0.329 e. The van der Waals surface area contributed by atoms with E-state index in [1.807, 2.05) is 37.3 Å². The summed E-state index contributed by atoms with van der Waals surface area (Å²) in [5.41, 5.74) is 1.61. The largest absolute Gasteiger partial charge is 0.490 e. The lowest BCUT2D eigenvalue weighted by atomic mass is 10.1. The third-order valence-electron chi connectivity index (χ3n) is 4.07. The molecule has 1 aliphatic heterocycles. The summed E-state index contributed by atoms with van der Waals surface area (Å²) in [6.07, 6.45) is 1.46. The first-order valence-corrected chi connectivity index (χ1v) is 8.98. The number of imide groups is 1. The van der Waals surface area contributed by atoms with E-state index in [-0.39, 0.29) is 5.70 Å². The molecule has 1 aliphatic rings. The zero-order valence-corrected chi connectivity index (χ0v) is 15.8. The molecule has 0 radical (unpaired) electrons. The van der Waals surface area contributed by atoms with Crippen molar-refractivity contribution >= 4 is 24.0 Å². The second-order valence-corrected chi connectivity index (χ2v) is 6.19. The Morgan fingerprint density at radius 1 is 1.10 bits per heavy atom.